The number of hydrogen-bond acceptors (Lipinski definition) is 4. The summed E-state index contributed by atoms with van der Waals surface area (Å²) >= 11 is 0. The van der Waals surface area contributed by atoms with Crippen molar-refractivity contribution in [3.63, 3.8) is 0 Å². The molecular weight excluding hydrogens is 441 g/mol. The van der Waals surface area contributed by atoms with Gasteiger partial charge in [0.1, 0.15) is 0 Å². The van der Waals surface area contributed by atoms with Gasteiger partial charge in [0.2, 0.25) is 0 Å². The summed E-state index contributed by atoms with van der Waals surface area (Å²) in [5, 5.41) is 3.02. The number of nitrogens with one attached hydrogen (secondary N) is 1. The highest BCUT2D eigenvalue weighted by Crippen LogP contribution is 2.29. The minimum Gasteiger partial charge on any atom is -0.381 e. The molecule has 1 aliphatic rings. The van der Waals surface area contributed by atoms with E-state index in [2.05, 4.69) is 10.3 Å². The van der Waals surface area contributed by atoms with Crippen LogP contribution in [0.5, 0.6) is 0 Å². The van der Waals surface area contributed by atoms with Crippen LogP contribution < -0.4 is 11.1 Å². The van der Waals surface area contributed by atoms with Gasteiger partial charge in [-0.3, -0.25) is 4.99 Å². The van der Waals surface area contributed by atoms with Gasteiger partial charge in [-0.2, -0.15) is 0 Å². The molecule has 2 rings (SSSR count). The van der Waals surface area contributed by atoms with E-state index in [0.717, 1.165) is 11.3 Å². The number of benzene rings is 1. The van der Waals surface area contributed by atoms with Crippen molar-refractivity contribution >= 4 is 45.5 Å². The summed E-state index contributed by atoms with van der Waals surface area (Å²) < 4.78 is 28.8. The van der Waals surface area contributed by atoms with Crippen molar-refractivity contribution in [2.75, 3.05) is 31.3 Å². The summed E-state index contributed by atoms with van der Waals surface area (Å²) in [6.07, 6.45) is 2.17. The van der Waals surface area contributed by atoms with Gasteiger partial charge in [-0.15, -0.1) is 24.0 Å². The largest absolute Gasteiger partial charge is 0.381 e. The Morgan fingerprint density at radius 3 is 2.46 bits per heavy atom. The first-order valence-corrected chi connectivity index (χ1v) is 9.54. The van der Waals surface area contributed by atoms with Crippen molar-refractivity contribution in [2.45, 2.75) is 31.4 Å². The Hall–Kier alpha value is -0.870. The van der Waals surface area contributed by atoms with Crippen LogP contribution in [0.1, 0.15) is 24.0 Å². The molecule has 0 aliphatic carbocycles. The van der Waals surface area contributed by atoms with Gasteiger partial charge in [-0.1, -0.05) is 6.07 Å². The molecule has 0 amide bonds. The minimum absolute atomic E-state index is 0. The average Bonchev–Trinajstić information content (AvgIpc) is 2.49. The lowest BCUT2D eigenvalue weighted by molar-refractivity contribution is 0.0768. The Labute approximate surface area is 161 Å². The first kappa shape index (κ1) is 21.2. The molecule has 1 heterocycles. The fourth-order valence-electron chi connectivity index (χ4n) is 2.63. The zero-order valence-corrected chi connectivity index (χ0v) is 17.5. The zero-order chi connectivity index (χ0) is 17.1. The summed E-state index contributed by atoms with van der Waals surface area (Å²) in [4.78, 5) is 4.28. The third-order valence-corrected chi connectivity index (χ3v) is 6.62. The maximum Gasteiger partial charge on any atom is 0.193 e. The van der Waals surface area contributed by atoms with Crippen molar-refractivity contribution in [3.8, 4) is 0 Å². The van der Waals surface area contributed by atoms with Crippen LogP contribution in [0, 0.1) is 13.8 Å². The molecule has 24 heavy (non-hydrogen) atoms. The van der Waals surface area contributed by atoms with E-state index in [4.69, 9.17) is 10.5 Å². The minimum atomic E-state index is -3.24. The second kappa shape index (κ2) is 8.48. The monoisotopic (exact) mass is 467 g/mol. The van der Waals surface area contributed by atoms with Gasteiger partial charge >= 0.3 is 0 Å². The highest BCUT2D eigenvalue weighted by molar-refractivity contribution is 14.0. The van der Waals surface area contributed by atoms with Crippen LogP contribution >= 0.6 is 24.0 Å². The quantitative estimate of drug-likeness (QED) is 0.403. The summed E-state index contributed by atoms with van der Waals surface area (Å²) in [6, 6.07) is 5.91. The molecule has 6 nitrogen and oxygen atoms in total. The van der Waals surface area contributed by atoms with E-state index in [1.807, 2.05) is 32.0 Å². The molecule has 1 fully saturated rings. The lowest BCUT2D eigenvalue weighted by Crippen LogP contribution is -2.46. The number of halogens is 1. The Morgan fingerprint density at radius 2 is 1.92 bits per heavy atom. The van der Waals surface area contributed by atoms with Gasteiger partial charge in [-0.05, 0) is 49.9 Å². The molecule has 0 saturated carbocycles. The summed E-state index contributed by atoms with van der Waals surface area (Å²) in [7, 11) is -3.24. The van der Waals surface area contributed by atoms with Crippen molar-refractivity contribution in [1.82, 2.24) is 0 Å². The van der Waals surface area contributed by atoms with E-state index in [9.17, 15) is 8.42 Å². The molecule has 8 heteroatoms. The second-order valence-corrected chi connectivity index (χ2v) is 8.60. The highest BCUT2D eigenvalue weighted by Gasteiger charge is 2.42. The molecule has 0 unspecified atom stereocenters. The molecular formula is C16H26IN3O3S. The number of hydrogen-bond donors (Lipinski definition) is 2. The number of nitrogens with two attached hydrogens (primary N) is 1. The maximum atomic E-state index is 12.2. The zero-order valence-electron chi connectivity index (χ0n) is 14.3. The van der Waals surface area contributed by atoms with E-state index >= 15 is 0 Å². The number of aliphatic imine (C=N–C) groups is 1. The first-order chi connectivity index (χ1) is 10.7. The Bertz CT molecular complexity index is 699. The van der Waals surface area contributed by atoms with Gasteiger partial charge in [0.15, 0.2) is 15.8 Å². The van der Waals surface area contributed by atoms with Gasteiger partial charge in [-0.25, -0.2) is 8.42 Å². The van der Waals surface area contributed by atoms with Gasteiger partial charge in [0.25, 0.3) is 0 Å². The van der Waals surface area contributed by atoms with Crippen molar-refractivity contribution in [2.24, 2.45) is 10.7 Å². The van der Waals surface area contributed by atoms with E-state index in [1.165, 1.54) is 11.8 Å². The van der Waals surface area contributed by atoms with Crippen LogP contribution in [-0.2, 0) is 14.6 Å². The average molecular weight is 467 g/mol. The predicted octanol–water partition coefficient (Wildman–Crippen LogP) is 2.24. The Kier molecular flexibility index (Phi) is 7.48. The molecule has 0 radical (unpaired) electrons. The van der Waals surface area contributed by atoms with Crippen LogP contribution in [0.2, 0.25) is 0 Å². The van der Waals surface area contributed by atoms with E-state index in [1.54, 1.807) is 0 Å². The first-order valence-electron chi connectivity index (χ1n) is 7.65. The van der Waals surface area contributed by atoms with E-state index < -0.39 is 14.6 Å². The highest BCUT2D eigenvalue weighted by atomic mass is 127. The molecule has 1 saturated heterocycles. The lowest BCUT2D eigenvalue weighted by atomic mass is 9.99. The smallest absolute Gasteiger partial charge is 0.193 e. The van der Waals surface area contributed by atoms with Crippen LogP contribution in [0.15, 0.2) is 23.2 Å². The summed E-state index contributed by atoms with van der Waals surface area (Å²) in [6.45, 7) is 5.09. The number of sulfone groups is 1. The fraction of sp³-hybridized carbons (Fsp3) is 0.562. The summed E-state index contributed by atoms with van der Waals surface area (Å²) in [5.41, 5.74) is 9.12. The molecule has 1 aromatic carbocycles. The molecule has 136 valence electrons. The van der Waals surface area contributed by atoms with Crippen molar-refractivity contribution < 1.29 is 13.2 Å². The van der Waals surface area contributed by atoms with Crippen LogP contribution in [-0.4, -0.2) is 45.1 Å². The normalized spacial score (nSPS) is 17.9. The topological polar surface area (TPSA) is 93.8 Å². The molecule has 1 aliphatic heterocycles. The molecule has 0 bridgehead atoms. The predicted molar refractivity (Wildman–Crippen MR) is 109 cm³/mol. The van der Waals surface area contributed by atoms with Crippen LogP contribution in [0.3, 0.4) is 0 Å². The Balaban J connectivity index is 0.00000288. The number of anilines is 1. The van der Waals surface area contributed by atoms with Gasteiger partial charge < -0.3 is 15.8 Å². The Morgan fingerprint density at radius 1 is 1.29 bits per heavy atom. The maximum absolute atomic E-state index is 12.2. The number of guanidine groups is 1. The van der Waals surface area contributed by atoms with Crippen LogP contribution in [0.25, 0.3) is 0 Å². The number of aryl methyl sites for hydroxylation is 2. The third-order valence-electron chi connectivity index (χ3n) is 4.51. The molecule has 0 atom stereocenters. The van der Waals surface area contributed by atoms with Crippen LogP contribution in [0.4, 0.5) is 5.69 Å². The SMILES string of the molecule is Cc1ccc(NC(N)=NCC2(S(C)(=O)=O)CCOCC2)cc1C.I. The summed E-state index contributed by atoms with van der Waals surface area (Å²) in [5.74, 6) is 0.225. The van der Waals surface area contributed by atoms with Crippen molar-refractivity contribution in [1.29, 1.82) is 0 Å². The van der Waals surface area contributed by atoms with Gasteiger partial charge in [0.05, 0.1) is 11.3 Å². The molecule has 1 aromatic rings. The second-order valence-electron chi connectivity index (χ2n) is 6.19. The fourth-order valence-corrected chi connectivity index (χ4v) is 3.83. The lowest BCUT2D eigenvalue weighted by Gasteiger charge is -2.34. The van der Waals surface area contributed by atoms with E-state index in [0.29, 0.717) is 26.1 Å². The van der Waals surface area contributed by atoms with E-state index in [-0.39, 0.29) is 36.5 Å². The van der Waals surface area contributed by atoms with Gasteiger partial charge in [0, 0.05) is 25.2 Å². The van der Waals surface area contributed by atoms with Crippen molar-refractivity contribution in [3.05, 3.63) is 29.3 Å². The third kappa shape index (κ3) is 5.06. The number of ether oxygens (including phenoxy) is 1. The molecule has 0 spiro atoms. The standard InChI is InChI=1S/C16H25N3O3S.HI/c1-12-4-5-14(10-13(12)2)19-15(17)18-11-16(23(3,20)21)6-8-22-9-7-16;/h4-5,10H,6-9,11H2,1-3H3,(H3,17,18,19);1H. The molecule has 3 N–H and O–H groups in total. The molecule has 0 aromatic heterocycles. The number of rotatable bonds is 4. The number of nitrogens with zero attached hydrogens (tertiary/aromatic N) is 1.